The first-order valence-corrected chi connectivity index (χ1v) is 6.67. The third-order valence-corrected chi connectivity index (χ3v) is 3.56. The van der Waals surface area contributed by atoms with Crippen LogP contribution in [-0.2, 0) is 20.7 Å². The molecule has 0 aliphatic rings. The second-order valence-electron chi connectivity index (χ2n) is 5.14. The van der Waals surface area contributed by atoms with E-state index in [0.717, 1.165) is 17.5 Å². The highest BCUT2D eigenvalue weighted by Gasteiger charge is 2.34. The number of nitrogens with one attached hydrogen (secondary N) is 1. The van der Waals surface area contributed by atoms with Crippen molar-refractivity contribution in [1.29, 1.82) is 0 Å². The molecule has 0 radical (unpaired) electrons. The van der Waals surface area contributed by atoms with Gasteiger partial charge in [0.15, 0.2) is 11.2 Å². The number of ether oxygens (including phenoxy) is 1. The summed E-state index contributed by atoms with van der Waals surface area (Å²) in [5.74, 6) is -0.277. The van der Waals surface area contributed by atoms with E-state index in [2.05, 4.69) is 9.97 Å². The van der Waals surface area contributed by atoms with E-state index in [0.29, 0.717) is 15.9 Å². The fourth-order valence-electron chi connectivity index (χ4n) is 1.68. The maximum absolute atomic E-state index is 11.9. The Kier molecular flexibility index (Phi) is 5.13. The van der Waals surface area contributed by atoms with Gasteiger partial charge in [0, 0.05) is 6.92 Å². The molecule has 0 spiro atoms. The lowest BCUT2D eigenvalue weighted by Crippen LogP contribution is -2.51. The van der Waals surface area contributed by atoms with Crippen molar-refractivity contribution in [3.8, 4) is 0 Å². The van der Waals surface area contributed by atoms with Crippen LogP contribution in [-0.4, -0.2) is 59.8 Å². The van der Waals surface area contributed by atoms with Crippen molar-refractivity contribution in [3.63, 3.8) is 0 Å². The summed E-state index contributed by atoms with van der Waals surface area (Å²) in [6, 6.07) is -0.350. The van der Waals surface area contributed by atoms with E-state index in [-0.39, 0.29) is 17.1 Å². The molecule has 0 aliphatic heterocycles. The van der Waals surface area contributed by atoms with Gasteiger partial charge < -0.3 is 14.2 Å². The molecule has 0 aliphatic carbocycles. The van der Waals surface area contributed by atoms with Gasteiger partial charge in [0.2, 0.25) is 0 Å². The lowest BCUT2D eigenvalue weighted by atomic mass is 10.1. The first-order valence-electron chi connectivity index (χ1n) is 5.85. The summed E-state index contributed by atoms with van der Waals surface area (Å²) in [6.45, 7) is 1.49. The van der Waals surface area contributed by atoms with Gasteiger partial charge >= 0.3 is 5.97 Å². The highest BCUT2D eigenvalue weighted by atomic mass is 32.2. The maximum Gasteiger partial charge on any atom is 0.365 e. The molecule has 1 aromatic heterocycles. The van der Waals surface area contributed by atoms with E-state index in [1.54, 1.807) is 0 Å². The third-order valence-electron chi connectivity index (χ3n) is 2.72. The molecule has 0 amide bonds. The molecule has 0 fully saturated rings. The number of H-pyrrole nitrogens is 1. The number of aromatic amines is 1. The number of hydrogen-bond acceptors (Lipinski definition) is 5. The summed E-state index contributed by atoms with van der Waals surface area (Å²) in [5, 5.41) is 0.586. The summed E-state index contributed by atoms with van der Waals surface area (Å²) >= 11 is 1.06. The Bertz CT molecular complexity index is 465. The lowest BCUT2D eigenvalue weighted by Gasteiger charge is -2.31. The minimum absolute atomic E-state index is 0.0341. The number of aromatic nitrogens is 2. The molecule has 0 saturated carbocycles. The van der Waals surface area contributed by atoms with Gasteiger partial charge in [-0.1, -0.05) is 0 Å². The predicted molar refractivity (Wildman–Crippen MR) is 72.7 cm³/mol. The molecule has 1 aromatic rings. The Morgan fingerprint density at radius 1 is 1.47 bits per heavy atom. The SMILES string of the molecule is COC(=O)C(Cc1[nH]cnc1SC(C)=O)[N+](C)(C)C. The van der Waals surface area contributed by atoms with Crippen molar-refractivity contribution < 1.29 is 18.8 Å². The van der Waals surface area contributed by atoms with Crippen molar-refractivity contribution in [3.05, 3.63) is 12.0 Å². The zero-order valence-corrected chi connectivity index (χ0v) is 12.7. The number of carbonyl (C=O) groups is 2. The van der Waals surface area contributed by atoms with Crippen molar-refractivity contribution in [2.24, 2.45) is 0 Å². The Morgan fingerprint density at radius 2 is 2.11 bits per heavy atom. The molecule has 1 atom stereocenters. The van der Waals surface area contributed by atoms with E-state index >= 15 is 0 Å². The van der Waals surface area contributed by atoms with Crippen LogP contribution in [0.3, 0.4) is 0 Å². The Balaban J connectivity index is 2.94. The van der Waals surface area contributed by atoms with Gasteiger partial charge in [0.25, 0.3) is 0 Å². The Labute approximate surface area is 117 Å². The third kappa shape index (κ3) is 4.36. The topological polar surface area (TPSA) is 72.1 Å². The van der Waals surface area contributed by atoms with Gasteiger partial charge in [-0.15, -0.1) is 0 Å². The van der Waals surface area contributed by atoms with Crippen LogP contribution in [0.15, 0.2) is 11.4 Å². The van der Waals surface area contributed by atoms with E-state index in [1.165, 1.54) is 20.4 Å². The molecule has 0 bridgehead atoms. The normalized spacial score (nSPS) is 13.1. The van der Waals surface area contributed by atoms with Crippen LogP contribution in [0.2, 0.25) is 0 Å². The quantitative estimate of drug-likeness (QED) is 0.493. The molecule has 0 saturated heterocycles. The Hall–Kier alpha value is -1.34. The fourth-order valence-corrected chi connectivity index (χ4v) is 2.32. The van der Waals surface area contributed by atoms with Gasteiger partial charge in [-0.25, -0.2) is 9.78 Å². The number of likely N-dealkylation sites (N-methyl/N-ethyl adjacent to an activating group) is 1. The molecular formula is C12H20N3O3S+. The van der Waals surface area contributed by atoms with Crippen LogP contribution in [0.25, 0.3) is 0 Å². The number of thioether (sulfide) groups is 1. The zero-order chi connectivity index (χ0) is 14.6. The lowest BCUT2D eigenvalue weighted by molar-refractivity contribution is -0.887. The molecule has 1 heterocycles. The van der Waals surface area contributed by atoms with Crippen LogP contribution < -0.4 is 0 Å². The van der Waals surface area contributed by atoms with E-state index in [4.69, 9.17) is 4.74 Å². The fraction of sp³-hybridized carbons (Fsp3) is 0.583. The molecule has 19 heavy (non-hydrogen) atoms. The van der Waals surface area contributed by atoms with Gasteiger partial charge in [-0.2, -0.15) is 0 Å². The molecule has 6 nitrogen and oxygen atoms in total. The summed E-state index contributed by atoms with van der Waals surface area (Å²) in [7, 11) is 7.16. The average Bonchev–Trinajstić information content (AvgIpc) is 2.70. The van der Waals surface area contributed by atoms with Crippen LogP contribution in [0.4, 0.5) is 0 Å². The second-order valence-corrected chi connectivity index (χ2v) is 6.30. The van der Waals surface area contributed by atoms with Crippen molar-refractivity contribution in [2.75, 3.05) is 28.3 Å². The maximum atomic E-state index is 11.9. The number of quaternary nitrogens is 1. The largest absolute Gasteiger partial charge is 0.465 e. The van der Waals surface area contributed by atoms with Gasteiger partial charge in [-0.05, 0) is 11.8 Å². The van der Waals surface area contributed by atoms with Gasteiger partial charge in [0.05, 0.1) is 46.7 Å². The summed E-state index contributed by atoms with van der Waals surface area (Å²) < 4.78 is 5.29. The minimum atomic E-state index is -0.350. The van der Waals surface area contributed by atoms with Crippen molar-refractivity contribution in [1.82, 2.24) is 9.97 Å². The number of rotatable bonds is 5. The molecule has 1 unspecified atom stereocenters. The summed E-state index contributed by atoms with van der Waals surface area (Å²) in [4.78, 5) is 30.1. The number of hydrogen-bond donors (Lipinski definition) is 1. The van der Waals surface area contributed by atoms with E-state index in [1.807, 2.05) is 21.1 Å². The van der Waals surface area contributed by atoms with Crippen LogP contribution >= 0.6 is 11.8 Å². The number of imidazole rings is 1. The van der Waals surface area contributed by atoms with Crippen LogP contribution in [0.1, 0.15) is 12.6 Å². The summed E-state index contributed by atoms with van der Waals surface area (Å²) in [6.07, 6.45) is 1.98. The first-order chi connectivity index (χ1) is 8.75. The predicted octanol–water partition coefficient (Wildman–Crippen LogP) is 0.839. The number of carbonyl (C=O) groups excluding carboxylic acids is 2. The molecule has 0 aromatic carbocycles. The minimum Gasteiger partial charge on any atom is -0.465 e. The van der Waals surface area contributed by atoms with Crippen LogP contribution in [0.5, 0.6) is 0 Å². The monoisotopic (exact) mass is 286 g/mol. The van der Waals surface area contributed by atoms with E-state index in [9.17, 15) is 9.59 Å². The molecule has 1 N–H and O–H groups in total. The zero-order valence-electron chi connectivity index (χ0n) is 11.9. The Morgan fingerprint density at radius 3 is 2.58 bits per heavy atom. The number of esters is 1. The highest BCUT2D eigenvalue weighted by molar-refractivity contribution is 8.13. The van der Waals surface area contributed by atoms with Crippen molar-refractivity contribution in [2.45, 2.75) is 24.4 Å². The van der Waals surface area contributed by atoms with Crippen LogP contribution in [0, 0.1) is 0 Å². The van der Waals surface area contributed by atoms with Crippen molar-refractivity contribution >= 4 is 22.8 Å². The average molecular weight is 286 g/mol. The first kappa shape index (κ1) is 15.7. The highest BCUT2D eigenvalue weighted by Crippen LogP contribution is 2.22. The van der Waals surface area contributed by atoms with E-state index < -0.39 is 0 Å². The van der Waals surface area contributed by atoms with Gasteiger partial charge in [-0.3, -0.25) is 4.79 Å². The summed E-state index contributed by atoms with van der Waals surface area (Å²) in [5.41, 5.74) is 0.781. The molecule has 106 valence electrons. The standard InChI is InChI=1S/C12H20N3O3S/c1-8(16)19-11-9(13-7-14-11)6-10(12(17)18-5)15(2,3)4/h7,10H,6H2,1-5H3,(H,13,14)/q+1. The molecule has 7 heteroatoms. The number of methoxy groups -OCH3 is 1. The number of nitrogens with zero attached hydrogens (tertiary/aromatic N) is 2. The molecule has 1 rings (SSSR count). The second kappa shape index (κ2) is 6.21. The van der Waals surface area contributed by atoms with Gasteiger partial charge in [0.1, 0.15) is 5.03 Å². The molecular weight excluding hydrogens is 266 g/mol. The smallest absolute Gasteiger partial charge is 0.365 e.